The average molecular weight is 391 g/mol. The Bertz CT molecular complexity index is 738. The van der Waals surface area contributed by atoms with E-state index in [9.17, 15) is 4.79 Å². The van der Waals surface area contributed by atoms with Gasteiger partial charge in [0.1, 0.15) is 5.82 Å². The summed E-state index contributed by atoms with van der Waals surface area (Å²) in [5.41, 5.74) is 0. The lowest BCUT2D eigenvalue weighted by Crippen LogP contribution is -2.54. The van der Waals surface area contributed by atoms with Crippen molar-refractivity contribution in [3.63, 3.8) is 0 Å². The van der Waals surface area contributed by atoms with Crippen molar-refractivity contribution >= 4 is 34.7 Å². The molecule has 138 valence electrons. The summed E-state index contributed by atoms with van der Waals surface area (Å²) in [7, 11) is 0. The minimum atomic E-state index is 0.188. The number of carbonyl (C=O) groups is 1. The summed E-state index contributed by atoms with van der Waals surface area (Å²) in [6.07, 6.45) is 3.91. The van der Waals surface area contributed by atoms with Crippen molar-refractivity contribution in [1.82, 2.24) is 14.8 Å². The largest absolute Gasteiger partial charge is 0.353 e. The minimum absolute atomic E-state index is 0.188. The molecule has 0 bridgehead atoms. The Morgan fingerprint density at radius 2 is 1.85 bits per heavy atom. The van der Waals surface area contributed by atoms with E-state index < -0.39 is 0 Å². The van der Waals surface area contributed by atoms with Crippen LogP contribution in [0.2, 0.25) is 5.02 Å². The summed E-state index contributed by atoms with van der Waals surface area (Å²) < 4.78 is 0. The Balaban J connectivity index is 1.28. The van der Waals surface area contributed by atoms with Crippen molar-refractivity contribution < 1.29 is 4.79 Å². The molecule has 2 aromatic rings. The van der Waals surface area contributed by atoms with Gasteiger partial charge in [0, 0.05) is 51.5 Å². The minimum Gasteiger partial charge on any atom is -0.353 e. The van der Waals surface area contributed by atoms with Gasteiger partial charge >= 0.3 is 0 Å². The summed E-state index contributed by atoms with van der Waals surface area (Å²) >= 11 is 7.81. The van der Waals surface area contributed by atoms with Gasteiger partial charge in [0.2, 0.25) is 0 Å². The summed E-state index contributed by atoms with van der Waals surface area (Å²) in [5, 5.41) is 2.69. The number of likely N-dealkylation sites (tertiary alicyclic amines) is 1. The highest BCUT2D eigenvalue weighted by atomic mass is 35.5. The van der Waals surface area contributed by atoms with Crippen LogP contribution < -0.4 is 4.90 Å². The first-order valence-electron chi connectivity index (χ1n) is 9.14. The van der Waals surface area contributed by atoms with Crippen LogP contribution >= 0.6 is 22.9 Å². The molecule has 0 unspecified atom stereocenters. The summed E-state index contributed by atoms with van der Waals surface area (Å²) in [5.74, 6) is 1.08. The van der Waals surface area contributed by atoms with E-state index in [-0.39, 0.29) is 5.91 Å². The normalized spacial score (nSPS) is 19.7. The van der Waals surface area contributed by atoms with Gasteiger partial charge in [-0.2, -0.15) is 0 Å². The smallest absolute Gasteiger partial charge is 0.263 e. The van der Waals surface area contributed by atoms with Crippen LogP contribution in [0, 0.1) is 0 Å². The highest BCUT2D eigenvalue weighted by molar-refractivity contribution is 7.12. The molecule has 2 aromatic heterocycles. The van der Waals surface area contributed by atoms with Crippen molar-refractivity contribution in [2.24, 2.45) is 0 Å². The summed E-state index contributed by atoms with van der Waals surface area (Å²) in [4.78, 5) is 24.6. The predicted octanol–water partition coefficient (Wildman–Crippen LogP) is 3.22. The molecular formula is C19H23ClN4OS. The van der Waals surface area contributed by atoms with Crippen molar-refractivity contribution in [3.8, 4) is 0 Å². The SMILES string of the molecule is O=C(c1cccs1)N1CCC(N2CCN(c3ncccc3Cl)CC2)CC1. The fourth-order valence-corrected chi connectivity index (χ4v) is 4.83. The number of thiophene rings is 1. The van der Waals surface area contributed by atoms with Gasteiger partial charge in [-0.05, 0) is 36.4 Å². The third kappa shape index (κ3) is 3.72. The molecule has 1 amide bonds. The second-order valence-electron chi connectivity index (χ2n) is 6.83. The summed E-state index contributed by atoms with van der Waals surface area (Å²) in [6.45, 7) is 5.66. The number of piperidine rings is 1. The number of anilines is 1. The van der Waals surface area contributed by atoms with E-state index in [2.05, 4.69) is 14.8 Å². The maximum absolute atomic E-state index is 12.5. The molecule has 0 radical (unpaired) electrons. The monoisotopic (exact) mass is 390 g/mol. The molecule has 0 spiro atoms. The number of pyridine rings is 1. The molecule has 0 aromatic carbocycles. The van der Waals surface area contributed by atoms with Gasteiger partial charge in [0.15, 0.2) is 0 Å². The zero-order valence-corrected chi connectivity index (χ0v) is 16.3. The number of rotatable bonds is 3. The van der Waals surface area contributed by atoms with Crippen molar-refractivity contribution in [1.29, 1.82) is 0 Å². The molecule has 2 saturated heterocycles. The third-order valence-electron chi connectivity index (χ3n) is 5.35. The van der Waals surface area contributed by atoms with Crippen molar-refractivity contribution in [2.75, 3.05) is 44.2 Å². The Hall–Kier alpha value is -1.63. The maximum Gasteiger partial charge on any atom is 0.263 e. The predicted molar refractivity (Wildman–Crippen MR) is 106 cm³/mol. The molecule has 4 heterocycles. The molecule has 2 aliphatic heterocycles. The van der Waals surface area contributed by atoms with Crippen LogP contribution in [0.1, 0.15) is 22.5 Å². The average Bonchev–Trinajstić information content (AvgIpc) is 3.23. The van der Waals surface area contributed by atoms with Crippen LogP contribution in [0.4, 0.5) is 5.82 Å². The van der Waals surface area contributed by atoms with E-state index in [1.54, 1.807) is 6.20 Å². The quantitative estimate of drug-likeness (QED) is 0.806. The molecule has 0 aliphatic carbocycles. The van der Waals surface area contributed by atoms with Crippen LogP contribution in [-0.4, -0.2) is 66.0 Å². The third-order valence-corrected chi connectivity index (χ3v) is 6.51. The molecule has 2 fully saturated rings. The van der Waals surface area contributed by atoms with Crippen LogP contribution in [-0.2, 0) is 0 Å². The van der Waals surface area contributed by atoms with Crippen LogP contribution in [0.15, 0.2) is 35.8 Å². The number of aromatic nitrogens is 1. The Morgan fingerprint density at radius 1 is 1.08 bits per heavy atom. The molecule has 4 rings (SSSR count). The van der Waals surface area contributed by atoms with Crippen molar-refractivity contribution in [3.05, 3.63) is 45.7 Å². The number of carbonyl (C=O) groups excluding carboxylic acids is 1. The Morgan fingerprint density at radius 3 is 2.50 bits per heavy atom. The number of piperazine rings is 1. The topological polar surface area (TPSA) is 39.7 Å². The van der Waals surface area contributed by atoms with Crippen LogP contribution in [0.3, 0.4) is 0 Å². The van der Waals surface area contributed by atoms with E-state index >= 15 is 0 Å². The first-order valence-corrected chi connectivity index (χ1v) is 10.4. The standard InChI is InChI=1S/C19H23ClN4OS/c20-16-3-1-7-21-18(16)23-12-10-22(11-13-23)15-5-8-24(9-6-15)19(25)17-4-2-14-26-17/h1-4,7,14-15H,5-6,8-13H2. The van der Waals surface area contributed by atoms with Gasteiger partial charge in [-0.3, -0.25) is 9.69 Å². The number of amides is 1. The Kier molecular flexibility index (Phi) is 5.43. The molecule has 0 atom stereocenters. The molecule has 0 saturated carbocycles. The molecule has 0 N–H and O–H groups in total. The van der Waals surface area contributed by atoms with Gasteiger partial charge in [0.05, 0.1) is 9.90 Å². The Labute approximate surface area is 163 Å². The molecule has 2 aliphatic rings. The molecule has 5 nitrogen and oxygen atoms in total. The van der Waals surface area contributed by atoms with Gasteiger partial charge in [0.25, 0.3) is 5.91 Å². The first-order chi connectivity index (χ1) is 12.7. The highest BCUT2D eigenvalue weighted by Gasteiger charge is 2.30. The van der Waals surface area contributed by atoms with Gasteiger partial charge < -0.3 is 9.80 Å². The lowest BCUT2D eigenvalue weighted by Gasteiger charge is -2.43. The van der Waals surface area contributed by atoms with E-state index in [1.165, 1.54) is 11.3 Å². The maximum atomic E-state index is 12.5. The lowest BCUT2D eigenvalue weighted by atomic mass is 10.0. The summed E-state index contributed by atoms with van der Waals surface area (Å²) in [6, 6.07) is 8.20. The highest BCUT2D eigenvalue weighted by Crippen LogP contribution is 2.25. The lowest BCUT2D eigenvalue weighted by molar-refractivity contribution is 0.0615. The van der Waals surface area contributed by atoms with Crippen molar-refractivity contribution in [2.45, 2.75) is 18.9 Å². The zero-order valence-electron chi connectivity index (χ0n) is 14.7. The van der Waals surface area contributed by atoms with E-state index in [1.807, 2.05) is 34.5 Å². The van der Waals surface area contributed by atoms with Gasteiger partial charge in [-0.15, -0.1) is 11.3 Å². The molecule has 7 heteroatoms. The number of hydrogen-bond acceptors (Lipinski definition) is 5. The number of nitrogens with zero attached hydrogens (tertiary/aromatic N) is 4. The van der Waals surface area contributed by atoms with Gasteiger partial charge in [-0.1, -0.05) is 17.7 Å². The fourth-order valence-electron chi connectivity index (χ4n) is 3.90. The van der Waals surface area contributed by atoms with E-state index in [0.29, 0.717) is 6.04 Å². The first kappa shape index (κ1) is 17.8. The van der Waals surface area contributed by atoms with Gasteiger partial charge in [-0.25, -0.2) is 4.98 Å². The van der Waals surface area contributed by atoms with E-state index in [0.717, 1.165) is 67.8 Å². The molecule has 26 heavy (non-hydrogen) atoms. The number of hydrogen-bond donors (Lipinski definition) is 0. The van der Waals surface area contributed by atoms with Crippen LogP contribution in [0.25, 0.3) is 0 Å². The second kappa shape index (κ2) is 7.94. The zero-order chi connectivity index (χ0) is 17.9. The van der Waals surface area contributed by atoms with E-state index in [4.69, 9.17) is 11.6 Å². The second-order valence-corrected chi connectivity index (χ2v) is 8.19. The fraction of sp³-hybridized carbons (Fsp3) is 0.474. The number of halogens is 1. The van der Waals surface area contributed by atoms with Crippen LogP contribution in [0.5, 0.6) is 0 Å². The molecular weight excluding hydrogens is 368 g/mol.